The van der Waals surface area contributed by atoms with E-state index in [-0.39, 0.29) is 31.6 Å². The van der Waals surface area contributed by atoms with Crippen LogP contribution in [0, 0.1) is 11.8 Å². The lowest BCUT2D eigenvalue weighted by atomic mass is 9.96. The molecule has 0 saturated heterocycles. The lowest BCUT2D eigenvalue weighted by molar-refractivity contribution is -0.142. The molecule has 0 bridgehead atoms. The molecule has 0 saturated carbocycles. The van der Waals surface area contributed by atoms with Gasteiger partial charge in [-0.2, -0.15) is 0 Å². The van der Waals surface area contributed by atoms with Crippen LogP contribution in [0.15, 0.2) is 0 Å². The number of carboxylic acid groups (broad SMARTS) is 3. The van der Waals surface area contributed by atoms with Gasteiger partial charge in [0.25, 0.3) is 0 Å². The largest absolute Gasteiger partial charge is 0.481 e. The number of carbonyl (C=O) groups excluding carboxylic acids is 6. The Morgan fingerprint density at radius 1 is 0.556 bits per heavy atom. The molecule has 0 rings (SSSR count). The number of aliphatic carboxylic acids is 3. The second kappa shape index (κ2) is 25.2. The van der Waals surface area contributed by atoms with Gasteiger partial charge >= 0.3 is 17.9 Å². The molecule has 0 aliphatic heterocycles. The highest BCUT2D eigenvalue weighted by molar-refractivity contribution is 5.97. The van der Waals surface area contributed by atoms with Gasteiger partial charge in [0.2, 0.25) is 35.4 Å². The first kappa shape index (κ1) is 49.1. The first-order valence-electron chi connectivity index (χ1n) is 18.1. The van der Waals surface area contributed by atoms with Gasteiger partial charge in [-0.05, 0) is 70.8 Å². The molecule has 0 unspecified atom stereocenters. The van der Waals surface area contributed by atoms with Gasteiger partial charge in [0.05, 0.1) is 6.04 Å². The Labute approximate surface area is 315 Å². The summed E-state index contributed by atoms with van der Waals surface area (Å²) < 4.78 is 0. The van der Waals surface area contributed by atoms with E-state index < -0.39 is 114 Å². The Kier molecular flexibility index (Phi) is 23.0. The summed E-state index contributed by atoms with van der Waals surface area (Å²) in [5.41, 5.74) is 11.4. The van der Waals surface area contributed by atoms with Gasteiger partial charge in [0.1, 0.15) is 36.3 Å². The van der Waals surface area contributed by atoms with Crippen molar-refractivity contribution >= 4 is 53.4 Å². The van der Waals surface area contributed by atoms with Crippen LogP contribution in [0.4, 0.5) is 0 Å². The Hall–Kier alpha value is -4.85. The second-order valence-electron chi connectivity index (χ2n) is 13.7. The molecule has 8 atom stereocenters. The fraction of sp³-hybridized carbons (Fsp3) is 0.735. The van der Waals surface area contributed by atoms with E-state index >= 15 is 0 Å². The van der Waals surface area contributed by atoms with Gasteiger partial charge < -0.3 is 58.7 Å². The van der Waals surface area contributed by atoms with E-state index in [4.69, 9.17) is 16.6 Å². The minimum Gasteiger partial charge on any atom is -0.481 e. The number of nitrogens with two attached hydrogens (primary N) is 2. The number of carboxylic acids is 3. The molecule has 0 aromatic carbocycles. The number of unbranched alkanes of at least 4 members (excludes halogenated alkanes) is 1. The van der Waals surface area contributed by atoms with E-state index in [0.717, 1.165) is 0 Å². The summed E-state index contributed by atoms with van der Waals surface area (Å²) in [7, 11) is 0. The van der Waals surface area contributed by atoms with Crippen molar-refractivity contribution in [2.24, 2.45) is 23.3 Å². The third-order valence-electron chi connectivity index (χ3n) is 8.48. The average molecular weight is 773 g/mol. The number of nitrogens with one attached hydrogen (secondary N) is 6. The molecule has 6 amide bonds. The molecule has 0 aromatic rings. The lowest BCUT2D eigenvalue weighted by Crippen LogP contribution is -2.60. The zero-order chi connectivity index (χ0) is 41.7. The summed E-state index contributed by atoms with van der Waals surface area (Å²) in [6.45, 7) is 9.83. The maximum Gasteiger partial charge on any atom is 0.325 e. The molecule has 54 heavy (non-hydrogen) atoms. The van der Waals surface area contributed by atoms with E-state index in [1.807, 2.05) is 0 Å². The van der Waals surface area contributed by atoms with Crippen LogP contribution in [-0.2, 0) is 43.2 Å². The topological polar surface area (TPSA) is 339 Å². The third-order valence-corrected chi connectivity index (χ3v) is 8.48. The Morgan fingerprint density at radius 3 is 1.54 bits per heavy atom. The van der Waals surface area contributed by atoms with Crippen molar-refractivity contribution in [1.82, 2.24) is 31.9 Å². The molecule has 13 N–H and O–H groups in total. The molecule has 308 valence electrons. The molecule has 0 aromatic heterocycles. The van der Waals surface area contributed by atoms with Crippen LogP contribution in [0.3, 0.4) is 0 Å². The highest BCUT2D eigenvalue weighted by Gasteiger charge is 2.34. The van der Waals surface area contributed by atoms with Crippen LogP contribution >= 0.6 is 0 Å². The lowest BCUT2D eigenvalue weighted by Gasteiger charge is -2.28. The van der Waals surface area contributed by atoms with Gasteiger partial charge in [0, 0.05) is 12.8 Å². The van der Waals surface area contributed by atoms with Gasteiger partial charge in [-0.3, -0.25) is 43.2 Å². The van der Waals surface area contributed by atoms with Crippen LogP contribution in [0.2, 0.25) is 0 Å². The molecule has 0 spiro atoms. The molecule has 0 heterocycles. The zero-order valence-electron chi connectivity index (χ0n) is 31.9. The molecule has 0 radical (unpaired) electrons. The second-order valence-corrected chi connectivity index (χ2v) is 13.7. The predicted molar refractivity (Wildman–Crippen MR) is 194 cm³/mol. The van der Waals surface area contributed by atoms with Gasteiger partial charge in [-0.15, -0.1) is 0 Å². The van der Waals surface area contributed by atoms with Crippen LogP contribution < -0.4 is 43.4 Å². The number of rotatable bonds is 27. The predicted octanol–water partition coefficient (Wildman–Crippen LogP) is -1.70. The molecular formula is C34H60N8O12. The number of hydrogen-bond donors (Lipinski definition) is 11. The first-order chi connectivity index (χ1) is 25.1. The summed E-state index contributed by atoms with van der Waals surface area (Å²) in [5, 5.41) is 42.2. The van der Waals surface area contributed by atoms with E-state index in [9.17, 15) is 53.4 Å². The minimum atomic E-state index is -1.48. The monoisotopic (exact) mass is 772 g/mol. The summed E-state index contributed by atoms with van der Waals surface area (Å²) >= 11 is 0. The van der Waals surface area contributed by atoms with Crippen molar-refractivity contribution in [2.45, 2.75) is 142 Å². The highest BCUT2D eigenvalue weighted by Crippen LogP contribution is 2.12. The van der Waals surface area contributed by atoms with Crippen LogP contribution in [0.25, 0.3) is 0 Å². The average Bonchev–Trinajstić information content (AvgIpc) is 3.09. The third kappa shape index (κ3) is 19.3. The number of hydrogen-bond acceptors (Lipinski definition) is 11. The minimum absolute atomic E-state index is 0.112. The SMILES string of the molecule is CC[C@H](C)[C@H](NC(=O)[C@@H](N)CCC(=O)O)C(=O)N[C@@H](CCC(=O)O)C(=O)N[C@@H](C)C(=O)N[C@@H](CC(C)C)C(=O)N[C@@H](CCCCN)C(=O)N[C@@H](C)C(=O)O. The fourth-order valence-corrected chi connectivity index (χ4v) is 4.96. The molecular weight excluding hydrogens is 712 g/mol. The van der Waals surface area contributed by atoms with E-state index in [2.05, 4.69) is 31.9 Å². The number of amides is 6. The molecule has 20 nitrogen and oxygen atoms in total. The maximum absolute atomic E-state index is 13.4. The van der Waals surface area contributed by atoms with Crippen molar-refractivity contribution in [3.63, 3.8) is 0 Å². The van der Waals surface area contributed by atoms with E-state index in [1.165, 1.54) is 13.8 Å². The molecule has 0 fully saturated rings. The summed E-state index contributed by atoms with van der Waals surface area (Å²) in [6, 6.07) is -8.85. The van der Waals surface area contributed by atoms with E-state index in [0.29, 0.717) is 25.8 Å². The van der Waals surface area contributed by atoms with Crippen LogP contribution in [0.5, 0.6) is 0 Å². The van der Waals surface area contributed by atoms with Crippen LogP contribution in [-0.4, -0.2) is 118 Å². The zero-order valence-corrected chi connectivity index (χ0v) is 31.9. The van der Waals surface area contributed by atoms with Crippen LogP contribution in [0.1, 0.15) is 99.3 Å². The molecule has 0 aliphatic rings. The van der Waals surface area contributed by atoms with Crippen molar-refractivity contribution < 1.29 is 58.5 Å². The van der Waals surface area contributed by atoms with Crippen molar-refractivity contribution in [1.29, 1.82) is 0 Å². The van der Waals surface area contributed by atoms with Gasteiger partial charge in [-0.1, -0.05) is 34.1 Å². The quantitative estimate of drug-likeness (QED) is 0.0415. The smallest absolute Gasteiger partial charge is 0.325 e. The normalized spacial score (nSPS) is 15.5. The Morgan fingerprint density at radius 2 is 1.04 bits per heavy atom. The number of carbonyl (C=O) groups is 9. The highest BCUT2D eigenvalue weighted by atomic mass is 16.4. The van der Waals surface area contributed by atoms with E-state index in [1.54, 1.807) is 27.7 Å². The Bertz CT molecular complexity index is 1310. The summed E-state index contributed by atoms with van der Waals surface area (Å²) in [5.74, 6) is -9.24. The van der Waals surface area contributed by atoms with Gasteiger partial charge in [0.15, 0.2) is 0 Å². The Balaban J connectivity index is 5.99. The summed E-state index contributed by atoms with van der Waals surface area (Å²) in [6.07, 6.45) is 0.0646. The van der Waals surface area contributed by atoms with Crippen molar-refractivity contribution in [2.75, 3.05) is 6.54 Å². The standard InChI is InChI=1S/C34H60N8O12/c1-7-18(4)27(42-29(48)21(36)11-13-25(43)44)33(52)40-23(12-14-26(45)46)31(50)37-19(5)28(47)41-24(16-17(2)3)32(51)39-22(10-8-9-15-35)30(49)38-20(6)34(53)54/h17-24,27H,7-16,35-36H2,1-6H3,(H,37,50)(H,38,49)(H,39,51)(H,40,52)(H,41,47)(H,42,48)(H,43,44)(H,45,46)(H,53,54)/t18-,19-,20-,21-,22-,23-,24-,27-/m0/s1. The van der Waals surface area contributed by atoms with Gasteiger partial charge in [-0.25, -0.2) is 0 Å². The maximum atomic E-state index is 13.4. The molecule has 0 aliphatic carbocycles. The molecule has 20 heteroatoms. The van der Waals surface area contributed by atoms with Crippen molar-refractivity contribution in [3.8, 4) is 0 Å². The fourth-order valence-electron chi connectivity index (χ4n) is 4.96. The summed E-state index contributed by atoms with van der Waals surface area (Å²) in [4.78, 5) is 113. The van der Waals surface area contributed by atoms with Crippen molar-refractivity contribution in [3.05, 3.63) is 0 Å². The first-order valence-corrected chi connectivity index (χ1v) is 18.1.